The number of hydrogen-bond donors (Lipinski definition) is 0. The molecule has 0 saturated carbocycles. The zero-order valence-electron chi connectivity index (χ0n) is 21.2. The Morgan fingerprint density at radius 3 is 2.10 bits per heavy atom. The van der Waals surface area contributed by atoms with Crippen molar-refractivity contribution in [2.24, 2.45) is 0 Å². The van der Waals surface area contributed by atoms with Crippen LogP contribution >= 0.6 is 0 Å². The number of nitrogens with zero attached hydrogens (tertiary/aromatic N) is 1. The highest BCUT2D eigenvalue weighted by atomic mass is 16.5. The number of rotatable bonds is 9. The first-order valence-corrected chi connectivity index (χ1v) is 12.3. The molecule has 0 saturated heterocycles. The van der Waals surface area contributed by atoms with Gasteiger partial charge in [-0.1, -0.05) is 30.6 Å². The van der Waals surface area contributed by atoms with Crippen molar-refractivity contribution >= 4 is 22.7 Å². The molecule has 0 spiro atoms. The molecule has 0 atom stereocenters. The lowest BCUT2D eigenvalue weighted by Crippen LogP contribution is -2.08. The van der Waals surface area contributed by atoms with E-state index >= 15 is 0 Å². The monoisotopic (exact) mass is 515 g/mol. The maximum atomic E-state index is 12.6. The van der Waals surface area contributed by atoms with Gasteiger partial charge in [-0.25, -0.2) is 9.59 Å². The van der Waals surface area contributed by atoms with Crippen LogP contribution in [0.4, 0.5) is 0 Å². The maximum Gasteiger partial charge on any atom is 0.343 e. The fourth-order valence-electron chi connectivity index (χ4n) is 3.62. The predicted octanol–water partition coefficient (Wildman–Crippen LogP) is 6.22. The van der Waals surface area contributed by atoms with E-state index in [1.807, 2.05) is 42.5 Å². The first-order valence-electron chi connectivity index (χ1n) is 12.3. The number of ether oxygens (including phenoxy) is 3. The van der Waals surface area contributed by atoms with Crippen LogP contribution in [0.1, 0.15) is 39.9 Å². The number of hydrogen-bond acceptors (Lipinski definition) is 6. The lowest BCUT2D eigenvalue weighted by Gasteiger charge is -2.08. The van der Waals surface area contributed by atoms with Gasteiger partial charge in [0.25, 0.3) is 0 Å². The molecule has 4 rings (SSSR count). The maximum absolute atomic E-state index is 12.6. The van der Waals surface area contributed by atoms with Crippen molar-refractivity contribution in [1.82, 2.24) is 0 Å². The second-order valence-electron chi connectivity index (χ2n) is 8.50. The van der Waals surface area contributed by atoms with Crippen molar-refractivity contribution < 1.29 is 23.8 Å². The summed E-state index contributed by atoms with van der Waals surface area (Å²) in [7, 11) is 0. The van der Waals surface area contributed by atoms with E-state index < -0.39 is 11.9 Å². The van der Waals surface area contributed by atoms with Gasteiger partial charge in [-0.15, -0.1) is 0 Å². The van der Waals surface area contributed by atoms with Gasteiger partial charge in [0.05, 0.1) is 30.4 Å². The summed E-state index contributed by atoms with van der Waals surface area (Å²) in [6, 6.07) is 27.3. The molecule has 6 nitrogen and oxygen atoms in total. The number of carbonyl (C=O) groups is 2. The molecule has 0 aliphatic carbocycles. The van der Waals surface area contributed by atoms with Crippen molar-refractivity contribution in [3.8, 4) is 29.4 Å². The standard InChI is InChI=1S/C33H25NO5/c1-2-32(35)38-20-4-3-19-37-30-16-13-27(14-17-30)33(36)39-31-18-15-28-21-25(11-12-29(28)22-31)8-5-24-6-9-26(23-34)10-7-24/h2,6-7,9-18,21-22H,1,3-4,19-20H2. The van der Waals surface area contributed by atoms with E-state index in [0.717, 1.165) is 34.4 Å². The van der Waals surface area contributed by atoms with Crippen LogP contribution in [0, 0.1) is 23.2 Å². The topological polar surface area (TPSA) is 85.6 Å². The number of fused-ring (bicyclic) bond motifs is 1. The molecule has 0 bridgehead atoms. The normalized spacial score (nSPS) is 10.0. The summed E-state index contributed by atoms with van der Waals surface area (Å²) in [5, 5.41) is 10.8. The van der Waals surface area contributed by atoms with Gasteiger partial charge in [0.2, 0.25) is 0 Å². The average molecular weight is 516 g/mol. The molecule has 0 amide bonds. The second-order valence-corrected chi connectivity index (χ2v) is 8.50. The number of esters is 2. The molecule has 39 heavy (non-hydrogen) atoms. The molecule has 0 aliphatic heterocycles. The molecule has 0 fully saturated rings. The van der Waals surface area contributed by atoms with E-state index in [1.54, 1.807) is 42.5 Å². The first-order chi connectivity index (χ1) is 19.0. The second kappa shape index (κ2) is 13.3. The highest BCUT2D eigenvalue weighted by molar-refractivity contribution is 5.92. The van der Waals surface area contributed by atoms with E-state index in [9.17, 15) is 9.59 Å². The quantitative estimate of drug-likeness (QED) is 0.0865. The van der Waals surface area contributed by atoms with E-state index in [0.29, 0.717) is 42.3 Å². The van der Waals surface area contributed by atoms with E-state index in [-0.39, 0.29) is 0 Å². The number of benzene rings is 4. The van der Waals surface area contributed by atoms with Gasteiger partial charge < -0.3 is 14.2 Å². The minimum absolute atomic E-state index is 0.322. The summed E-state index contributed by atoms with van der Waals surface area (Å²) in [5.74, 6) is 6.43. The average Bonchev–Trinajstić information content (AvgIpc) is 2.98. The van der Waals surface area contributed by atoms with Gasteiger partial charge in [0.1, 0.15) is 11.5 Å². The Labute approximate surface area is 227 Å². The molecule has 192 valence electrons. The molecular formula is C33H25NO5. The minimum Gasteiger partial charge on any atom is -0.494 e. The summed E-state index contributed by atoms with van der Waals surface area (Å²) in [5.41, 5.74) is 2.70. The van der Waals surface area contributed by atoms with Gasteiger partial charge in [0.15, 0.2) is 0 Å². The predicted molar refractivity (Wildman–Crippen MR) is 148 cm³/mol. The lowest BCUT2D eigenvalue weighted by atomic mass is 10.1. The molecule has 4 aromatic carbocycles. The number of carbonyl (C=O) groups excluding carboxylic acids is 2. The zero-order chi connectivity index (χ0) is 27.5. The van der Waals surface area contributed by atoms with Gasteiger partial charge >= 0.3 is 11.9 Å². The molecule has 0 N–H and O–H groups in total. The van der Waals surface area contributed by atoms with Crippen LogP contribution < -0.4 is 9.47 Å². The fraction of sp³-hybridized carbons (Fsp3) is 0.121. The molecule has 6 heteroatoms. The summed E-state index contributed by atoms with van der Waals surface area (Å²) in [6.07, 6.45) is 2.54. The van der Waals surface area contributed by atoms with Crippen molar-refractivity contribution in [2.75, 3.05) is 13.2 Å². The summed E-state index contributed by atoms with van der Waals surface area (Å²) in [6.45, 7) is 4.14. The Bertz CT molecular complexity index is 1590. The Balaban J connectivity index is 1.30. The van der Waals surface area contributed by atoms with Gasteiger partial charge in [-0.3, -0.25) is 0 Å². The highest BCUT2D eigenvalue weighted by Crippen LogP contribution is 2.23. The van der Waals surface area contributed by atoms with Crippen LogP contribution in [0.5, 0.6) is 11.5 Å². The summed E-state index contributed by atoms with van der Waals surface area (Å²) >= 11 is 0. The number of unbranched alkanes of at least 4 members (excludes halogenated alkanes) is 1. The van der Waals surface area contributed by atoms with Crippen LogP contribution in [-0.4, -0.2) is 25.2 Å². The third kappa shape index (κ3) is 7.82. The van der Waals surface area contributed by atoms with Crippen LogP contribution in [0.2, 0.25) is 0 Å². The smallest absolute Gasteiger partial charge is 0.343 e. The third-order valence-corrected chi connectivity index (χ3v) is 5.70. The van der Waals surface area contributed by atoms with Gasteiger partial charge in [0, 0.05) is 17.2 Å². The summed E-state index contributed by atoms with van der Waals surface area (Å²) < 4.78 is 16.2. The molecule has 4 aromatic rings. The molecule has 0 unspecified atom stereocenters. The van der Waals surface area contributed by atoms with Crippen molar-refractivity contribution in [3.05, 3.63) is 120 Å². The highest BCUT2D eigenvalue weighted by Gasteiger charge is 2.10. The van der Waals surface area contributed by atoms with Gasteiger partial charge in [-0.05, 0) is 96.4 Å². The van der Waals surface area contributed by atoms with Crippen LogP contribution in [0.25, 0.3) is 10.8 Å². The Morgan fingerprint density at radius 1 is 0.744 bits per heavy atom. The molecule has 0 aliphatic rings. The molecular weight excluding hydrogens is 490 g/mol. The van der Waals surface area contributed by atoms with Crippen LogP contribution in [0.15, 0.2) is 97.6 Å². The minimum atomic E-state index is -0.463. The lowest BCUT2D eigenvalue weighted by molar-refractivity contribution is -0.137. The number of nitriles is 1. The van der Waals surface area contributed by atoms with Gasteiger partial charge in [-0.2, -0.15) is 5.26 Å². The van der Waals surface area contributed by atoms with E-state index in [1.165, 1.54) is 0 Å². The fourth-order valence-corrected chi connectivity index (χ4v) is 3.62. The Morgan fingerprint density at radius 2 is 1.36 bits per heavy atom. The Kier molecular flexibility index (Phi) is 9.10. The molecule has 0 aromatic heterocycles. The van der Waals surface area contributed by atoms with E-state index in [4.69, 9.17) is 19.5 Å². The van der Waals surface area contributed by atoms with Crippen LogP contribution in [-0.2, 0) is 9.53 Å². The van der Waals surface area contributed by atoms with Crippen molar-refractivity contribution in [3.63, 3.8) is 0 Å². The van der Waals surface area contributed by atoms with E-state index in [2.05, 4.69) is 24.5 Å². The summed E-state index contributed by atoms with van der Waals surface area (Å²) in [4.78, 5) is 23.6. The first kappa shape index (κ1) is 26.7. The zero-order valence-corrected chi connectivity index (χ0v) is 21.2. The Hall–Kier alpha value is -5.33. The molecule has 0 radical (unpaired) electrons. The van der Waals surface area contributed by atoms with Crippen molar-refractivity contribution in [2.45, 2.75) is 12.8 Å². The molecule has 0 heterocycles. The third-order valence-electron chi connectivity index (χ3n) is 5.70. The van der Waals surface area contributed by atoms with Crippen LogP contribution in [0.3, 0.4) is 0 Å². The SMILES string of the molecule is C=CC(=O)OCCCCOc1ccc(C(=O)Oc2ccc3cc(C#Cc4ccc(C#N)cc4)ccc3c2)cc1. The largest absolute Gasteiger partial charge is 0.494 e. The van der Waals surface area contributed by atoms with Crippen molar-refractivity contribution in [1.29, 1.82) is 5.26 Å².